The lowest BCUT2D eigenvalue weighted by Gasteiger charge is -2.42. The number of benzene rings is 1. The second-order valence-electron chi connectivity index (χ2n) is 7.82. The molecule has 8 heteroatoms. The Bertz CT molecular complexity index is 1020. The number of aromatic nitrogens is 4. The molecule has 7 nitrogen and oxygen atoms in total. The van der Waals surface area contributed by atoms with Crippen LogP contribution in [0.1, 0.15) is 25.7 Å². The van der Waals surface area contributed by atoms with E-state index in [9.17, 15) is 9.50 Å². The van der Waals surface area contributed by atoms with E-state index < -0.39 is 12.3 Å². The molecule has 2 fully saturated rings. The van der Waals surface area contributed by atoms with E-state index in [1.807, 2.05) is 6.07 Å². The zero-order chi connectivity index (χ0) is 20.5. The summed E-state index contributed by atoms with van der Waals surface area (Å²) in [7, 11) is 0. The van der Waals surface area contributed by atoms with Gasteiger partial charge in [0.15, 0.2) is 6.17 Å². The molecule has 0 amide bonds. The third-order valence-corrected chi connectivity index (χ3v) is 5.82. The maximum atomic E-state index is 14.7. The third kappa shape index (κ3) is 3.70. The van der Waals surface area contributed by atoms with Gasteiger partial charge in [-0.3, -0.25) is 9.97 Å². The van der Waals surface area contributed by atoms with Crippen LogP contribution >= 0.6 is 0 Å². The average molecular weight is 407 g/mol. The highest BCUT2D eigenvalue weighted by Crippen LogP contribution is 2.33. The second kappa shape index (κ2) is 7.95. The van der Waals surface area contributed by atoms with Crippen molar-refractivity contribution in [3.8, 4) is 34.1 Å². The summed E-state index contributed by atoms with van der Waals surface area (Å²) in [6, 6.07) is 8.77. The van der Waals surface area contributed by atoms with Crippen LogP contribution < -0.4 is 10.1 Å². The maximum Gasteiger partial charge on any atom is 0.233 e. The average Bonchev–Trinajstić information content (AvgIpc) is 2.79. The molecule has 2 aliphatic rings. The van der Waals surface area contributed by atoms with Gasteiger partial charge in [0.05, 0.1) is 17.6 Å². The Labute approximate surface area is 173 Å². The number of phenols is 1. The first-order valence-corrected chi connectivity index (χ1v) is 10.2. The number of aromatic hydroxyl groups is 1. The van der Waals surface area contributed by atoms with Crippen molar-refractivity contribution in [2.45, 2.75) is 50.0 Å². The molecule has 2 aliphatic heterocycles. The summed E-state index contributed by atoms with van der Waals surface area (Å²) in [5.41, 5.74) is 2.47. The predicted octanol–water partition coefficient (Wildman–Crippen LogP) is 3.31. The highest BCUT2D eigenvalue weighted by molar-refractivity contribution is 5.72. The van der Waals surface area contributed by atoms with Crippen LogP contribution in [0.2, 0.25) is 0 Å². The molecule has 4 heterocycles. The molecule has 4 atom stereocenters. The fourth-order valence-corrected chi connectivity index (χ4v) is 4.31. The van der Waals surface area contributed by atoms with E-state index in [4.69, 9.17) is 4.74 Å². The lowest BCUT2D eigenvalue weighted by Crippen LogP contribution is -2.59. The summed E-state index contributed by atoms with van der Waals surface area (Å²) in [5.74, 6) is 0.359. The second-order valence-corrected chi connectivity index (χ2v) is 7.82. The highest BCUT2D eigenvalue weighted by atomic mass is 19.1. The van der Waals surface area contributed by atoms with Crippen LogP contribution in [0.3, 0.4) is 0 Å². The van der Waals surface area contributed by atoms with E-state index in [0.29, 0.717) is 35.3 Å². The van der Waals surface area contributed by atoms with Gasteiger partial charge in [0.2, 0.25) is 5.88 Å². The Kier molecular flexibility index (Phi) is 5.00. The molecule has 0 radical (unpaired) electrons. The molecule has 3 aromatic rings. The SMILES string of the molecule is Oc1cc(-c2cnccn2)ccc1-c1ccc(O[C@H]2C[C@@H]3CCC[C@@H](N3)[C@H]2F)nn1. The molecule has 30 heavy (non-hydrogen) atoms. The van der Waals surface area contributed by atoms with E-state index in [1.54, 1.807) is 42.9 Å². The third-order valence-electron chi connectivity index (χ3n) is 5.82. The first-order valence-electron chi connectivity index (χ1n) is 10.2. The summed E-state index contributed by atoms with van der Waals surface area (Å²) in [5, 5.41) is 22.1. The fraction of sp³-hybridized carbons (Fsp3) is 0.364. The molecule has 2 saturated heterocycles. The summed E-state index contributed by atoms with van der Waals surface area (Å²) >= 11 is 0. The van der Waals surface area contributed by atoms with E-state index in [-0.39, 0.29) is 11.8 Å². The minimum absolute atomic E-state index is 0.0659. The number of alkyl halides is 1. The minimum Gasteiger partial charge on any atom is -0.507 e. The number of hydrogen-bond acceptors (Lipinski definition) is 7. The van der Waals surface area contributed by atoms with Crippen LogP contribution in [0.4, 0.5) is 4.39 Å². The van der Waals surface area contributed by atoms with Crippen LogP contribution in [0, 0.1) is 0 Å². The normalized spacial score (nSPS) is 25.6. The Balaban J connectivity index is 1.31. The van der Waals surface area contributed by atoms with Crippen LogP contribution in [0.15, 0.2) is 48.9 Å². The standard InChI is InChI=1S/C22H22FN5O2/c23-22-17-3-1-2-14(26-17)11-20(22)30-21-7-6-16(27-28-21)15-5-4-13(10-19(15)29)18-12-24-8-9-25-18/h4-10,12,14,17,20,22,26,29H,1-3,11H2/t14-,17+,20-,22+/m0/s1. The smallest absolute Gasteiger partial charge is 0.233 e. The highest BCUT2D eigenvalue weighted by Gasteiger charge is 2.41. The summed E-state index contributed by atoms with van der Waals surface area (Å²) in [6.45, 7) is 0. The van der Waals surface area contributed by atoms with Crippen molar-refractivity contribution < 1.29 is 14.2 Å². The van der Waals surface area contributed by atoms with Crippen molar-refractivity contribution in [1.29, 1.82) is 0 Å². The molecule has 2 aromatic heterocycles. The Morgan fingerprint density at radius 3 is 2.77 bits per heavy atom. The Hall–Kier alpha value is -3.13. The number of ether oxygens (including phenoxy) is 1. The summed E-state index contributed by atoms with van der Waals surface area (Å²) < 4.78 is 20.5. The van der Waals surface area contributed by atoms with Crippen molar-refractivity contribution in [3.05, 3.63) is 48.9 Å². The number of nitrogens with zero attached hydrogens (tertiary/aromatic N) is 4. The number of phenolic OH excluding ortho intramolecular Hbond substituents is 1. The number of fused-ring (bicyclic) bond motifs is 2. The zero-order valence-corrected chi connectivity index (χ0v) is 16.3. The van der Waals surface area contributed by atoms with Gasteiger partial charge in [0.25, 0.3) is 0 Å². The van der Waals surface area contributed by atoms with Crippen molar-refractivity contribution >= 4 is 0 Å². The van der Waals surface area contributed by atoms with Gasteiger partial charge in [-0.2, -0.15) is 0 Å². The first-order chi connectivity index (χ1) is 14.7. The minimum atomic E-state index is -1.05. The molecule has 0 saturated carbocycles. The molecule has 5 rings (SSSR count). The van der Waals surface area contributed by atoms with Gasteiger partial charge in [0.1, 0.15) is 11.9 Å². The fourth-order valence-electron chi connectivity index (χ4n) is 4.31. The topological polar surface area (TPSA) is 93.1 Å². The van der Waals surface area contributed by atoms with Gasteiger partial charge in [-0.05, 0) is 31.0 Å². The molecular weight excluding hydrogens is 385 g/mol. The maximum absolute atomic E-state index is 14.7. The van der Waals surface area contributed by atoms with E-state index in [2.05, 4.69) is 25.5 Å². The van der Waals surface area contributed by atoms with Crippen LogP contribution in [-0.4, -0.2) is 49.6 Å². The van der Waals surface area contributed by atoms with Gasteiger partial charge in [0, 0.05) is 48.1 Å². The van der Waals surface area contributed by atoms with Crippen molar-refractivity contribution in [3.63, 3.8) is 0 Å². The molecule has 0 aliphatic carbocycles. The quantitative estimate of drug-likeness (QED) is 0.685. The van der Waals surface area contributed by atoms with Crippen molar-refractivity contribution in [2.24, 2.45) is 0 Å². The van der Waals surface area contributed by atoms with Crippen LogP contribution in [0.25, 0.3) is 22.5 Å². The molecule has 0 spiro atoms. The molecule has 2 N–H and O–H groups in total. The lowest BCUT2D eigenvalue weighted by molar-refractivity contribution is 0.00652. The van der Waals surface area contributed by atoms with Gasteiger partial charge >= 0.3 is 0 Å². The number of rotatable bonds is 4. The molecular formula is C22H22FN5O2. The van der Waals surface area contributed by atoms with E-state index in [1.165, 1.54) is 0 Å². The number of nitrogens with one attached hydrogen (secondary N) is 1. The van der Waals surface area contributed by atoms with Crippen LogP contribution in [-0.2, 0) is 0 Å². The first kappa shape index (κ1) is 18.9. The number of hydrogen-bond donors (Lipinski definition) is 2. The molecule has 0 unspecified atom stereocenters. The van der Waals surface area contributed by atoms with Crippen molar-refractivity contribution in [1.82, 2.24) is 25.5 Å². The number of halogens is 1. The molecule has 2 bridgehead atoms. The van der Waals surface area contributed by atoms with Crippen molar-refractivity contribution in [2.75, 3.05) is 0 Å². The predicted molar refractivity (Wildman–Crippen MR) is 109 cm³/mol. The number of piperidine rings is 2. The van der Waals surface area contributed by atoms with Gasteiger partial charge in [-0.1, -0.05) is 12.5 Å². The Morgan fingerprint density at radius 1 is 1.07 bits per heavy atom. The van der Waals surface area contributed by atoms with E-state index in [0.717, 1.165) is 24.8 Å². The largest absolute Gasteiger partial charge is 0.507 e. The summed E-state index contributed by atoms with van der Waals surface area (Å²) in [4.78, 5) is 8.27. The summed E-state index contributed by atoms with van der Waals surface area (Å²) in [6.07, 6.45) is 6.84. The van der Waals surface area contributed by atoms with Gasteiger partial charge in [-0.25, -0.2) is 4.39 Å². The zero-order valence-electron chi connectivity index (χ0n) is 16.3. The Morgan fingerprint density at radius 2 is 2.00 bits per heavy atom. The molecule has 1 aromatic carbocycles. The lowest BCUT2D eigenvalue weighted by atomic mass is 9.84. The van der Waals surface area contributed by atoms with Gasteiger partial charge in [-0.15, -0.1) is 10.2 Å². The van der Waals surface area contributed by atoms with E-state index >= 15 is 0 Å². The monoisotopic (exact) mass is 407 g/mol. The molecule has 154 valence electrons. The van der Waals surface area contributed by atoms with Gasteiger partial charge < -0.3 is 15.2 Å². The van der Waals surface area contributed by atoms with Crippen LogP contribution in [0.5, 0.6) is 11.6 Å².